The Morgan fingerprint density at radius 2 is 0.551 bits per heavy atom. The van der Waals surface area contributed by atoms with Crippen molar-refractivity contribution >= 4 is 19.8 Å². The molecule has 0 aliphatic carbocycles. The predicted octanol–water partition coefficient (Wildman–Crippen LogP) is 25.7. The van der Waals surface area contributed by atoms with Crippen molar-refractivity contribution in [2.24, 2.45) is 0 Å². The van der Waals surface area contributed by atoms with Crippen molar-refractivity contribution in [2.75, 3.05) is 47.5 Å². The lowest BCUT2D eigenvalue weighted by molar-refractivity contribution is -0.870. The van der Waals surface area contributed by atoms with E-state index in [9.17, 15) is 19.0 Å². The Morgan fingerprint density at radius 1 is 0.316 bits per heavy atom. The van der Waals surface area contributed by atoms with Crippen LogP contribution in [0.25, 0.3) is 0 Å². The molecule has 0 rings (SSSR count). The van der Waals surface area contributed by atoms with Crippen LogP contribution in [0, 0.1) is 0 Å². The van der Waals surface area contributed by atoms with Gasteiger partial charge in [0.1, 0.15) is 19.8 Å². The van der Waals surface area contributed by atoms with Crippen LogP contribution in [0.15, 0.2) is 231 Å². The van der Waals surface area contributed by atoms with Gasteiger partial charge in [0.25, 0.3) is 0 Å². The van der Waals surface area contributed by atoms with Crippen molar-refractivity contribution in [1.29, 1.82) is 0 Å². The molecule has 0 aliphatic rings. The normalized spacial score (nSPS) is 14.4. The van der Waals surface area contributed by atoms with Gasteiger partial charge in [0.2, 0.25) is 0 Å². The highest BCUT2D eigenvalue weighted by molar-refractivity contribution is 7.47. The molecule has 98 heavy (non-hydrogen) atoms. The van der Waals surface area contributed by atoms with Gasteiger partial charge in [-0.2, -0.15) is 0 Å². The molecule has 9 nitrogen and oxygen atoms in total. The Hall–Kier alpha value is -5.93. The summed E-state index contributed by atoms with van der Waals surface area (Å²) in [5, 5.41) is 0. The Balaban J connectivity index is 4.17. The number of rotatable bonds is 67. The lowest BCUT2D eigenvalue weighted by atomic mass is 10.1. The molecule has 2 atom stereocenters. The first-order chi connectivity index (χ1) is 48.0. The average Bonchev–Trinajstić information content (AvgIpc) is 1.08. The third-order valence-corrected chi connectivity index (χ3v) is 16.2. The number of ether oxygens (including phenoxy) is 2. The van der Waals surface area contributed by atoms with Crippen molar-refractivity contribution in [3.05, 3.63) is 231 Å². The first kappa shape index (κ1) is 92.1. The molecule has 548 valence electrons. The Kier molecular flexibility index (Phi) is 70.7. The molecule has 0 aromatic carbocycles. The summed E-state index contributed by atoms with van der Waals surface area (Å²) in [5.41, 5.74) is 0. The summed E-state index contributed by atoms with van der Waals surface area (Å²) in [6, 6.07) is 0. The van der Waals surface area contributed by atoms with E-state index in [0.29, 0.717) is 17.4 Å². The molecule has 10 heteroatoms. The predicted molar refractivity (Wildman–Crippen MR) is 426 cm³/mol. The van der Waals surface area contributed by atoms with Crippen LogP contribution in [0.5, 0.6) is 0 Å². The maximum absolute atomic E-state index is 12.9. The highest BCUT2D eigenvalue weighted by Crippen LogP contribution is 2.43. The fourth-order valence-corrected chi connectivity index (χ4v) is 10.2. The minimum atomic E-state index is -4.42. The van der Waals surface area contributed by atoms with E-state index < -0.39 is 26.5 Å². The van der Waals surface area contributed by atoms with Gasteiger partial charge in [-0.3, -0.25) is 18.6 Å². The fourth-order valence-electron chi connectivity index (χ4n) is 9.45. The number of esters is 2. The van der Waals surface area contributed by atoms with Crippen molar-refractivity contribution in [3.63, 3.8) is 0 Å². The molecule has 2 unspecified atom stereocenters. The summed E-state index contributed by atoms with van der Waals surface area (Å²) in [4.78, 5) is 36.0. The van der Waals surface area contributed by atoms with Crippen LogP contribution in [-0.2, 0) is 32.7 Å². The van der Waals surface area contributed by atoms with E-state index in [4.69, 9.17) is 18.5 Å². The molecule has 1 N–H and O–H groups in total. The van der Waals surface area contributed by atoms with Gasteiger partial charge in [0.15, 0.2) is 6.10 Å². The van der Waals surface area contributed by atoms with Gasteiger partial charge in [0, 0.05) is 12.8 Å². The van der Waals surface area contributed by atoms with Gasteiger partial charge in [-0.05, 0) is 161 Å². The Labute approximate surface area is 600 Å². The Morgan fingerprint density at radius 3 is 0.816 bits per heavy atom. The van der Waals surface area contributed by atoms with E-state index in [2.05, 4.69) is 245 Å². The van der Waals surface area contributed by atoms with Crippen molar-refractivity contribution in [2.45, 2.75) is 264 Å². The molecule has 0 bridgehead atoms. The summed E-state index contributed by atoms with van der Waals surface area (Å²) >= 11 is 0. The van der Waals surface area contributed by atoms with Gasteiger partial charge in [0.05, 0.1) is 27.7 Å². The third kappa shape index (κ3) is 79.1. The van der Waals surface area contributed by atoms with Crippen LogP contribution in [0.3, 0.4) is 0 Å². The number of likely N-dealkylation sites (N-methyl/N-ethyl adjacent to an activating group) is 1. The first-order valence-corrected chi connectivity index (χ1v) is 39.6. The van der Waals surface area contributed by atoms with Gasteiger partial charge in [-0.1, -0.05) is 315 Å². The number of phosphoric acid groups is 1. The van der Waals surface area contributed by atoms with Gasteiger partial charge in [-0.15, -0.1) is 0 Å². The van der Waals surface area contributed by atoms with Gasteiger partial charge in [-0.25, -0.2) is 4.57 Å². The van der Waals surface area contributed by atoms with E-state index in [1.807, 2.05) is 21.1 Å². The summed E-state index contributed by atoms with van der Waals surface area (Å²) in [7, 11) is 1.43. The molecule has 0 radical (unpaired) electrons. The summed E-state index contributed by atoms with van der Waals surface area (Å²) in [6.07, 6.45) is 122. The largest absolute Gasteiger partial charge is 0.472 e. The number of allylic oxidation sites excluding steroid dienone is 38. The summed E-state index contributed by atoms with van der Waals surface area (Å²) in [5.74, 6) is -0.837. The third-order valence-electron chi connectivity index (χ3n) is 15.2. The fraction of sp³-hybridized carbons (Fsp3) is 0.545. The maximum atomic E-state index is 12.9. The molecule has 0 aromatic heterocycles. The van der Waals surface area contributed by atoms with E-state index >= 15 is 0 Å². The molecular weight excluding hydrogens is 1230 g/mol. The number of unbranched alkanes of at least 4 members (excludes halogenated alkanes) is 15. The molecule has 0 saturated carbocycles. The SMILES string of the molecule is CC/C=C\C/C=C\C/C=C\C/C=C\C/C=C\C/C=C\C/C=C\C/C=C\C/C=C\C/C=C\CCCCCCCCC(=O)OC(COC(=O)CCCCCCCCCCC/C=C\C/C=C\C/C=C\C/C=C\C/C=C\C/C=C\C/C=C\C/C=C\C/C=C\CC)COP(=O)(O)OCC[N+](C)(C)C. The van der Waals surface area contributed by atoms with Crippen molar-refractivity contribution in [1.82, 2.24) is 0 Å². The van der Waals surface area contributed by atoms with Crippen LogP contribution in [-0.4, -0.2) is 74.9 Å². The number of quaternary nitrogens is 1. The minimum absolute atomic E-state index is 0.0149. The van der Waals surface area contributed by atoms with Crippen LogP contribution < -0.4 is 0 Å². The maximum Gasteiger partial charge on any atom is 0.472 e. The molecule has 0 aliphatic heterocycles. The molecule has 0 fully saturated rings. The highest BCUT2D eigenvalue weighted by atomic mass is 31.2. The smallest absolute Gasteiger partial charge is 0.462 e. The van der Waals surface area contributed by atoms with Crippen LogP contribution in [0.2, 0.25) is 0 Å². The van der Waals surface area contributed by atoms with E-state index in [1.165, 1.54) is 32.1 Å². The molecule has 0 aromatic rings. The van der Waals surface area contributed by atoms with E-state index in [-0.39, 0.29) is 32.0 Å². The standard InChI is InChI=1S/C88H138NO8P/c1-6-8-10-12-14-16-18-20-22-24-26-28-30-32-34-36-38-40-42-44-46-48-50-52-54-56-58-60-62-64-66-68-70-72-74-76-78-80-87(90)94-84-86(85-96-98(92,93)95-83-82-89(3,4)5)97-88(91)81-79-77-75-73-71-69-67-65-63-61-59-57-55-53-51-49-47-45-43-41-39-37-35-33-31-29-27-25-23-21-19-17-15-13-11-9-7-2/h8-11,14-17,20-23,26-29,32-35,38-41,44-47,50-53,56-59,63,65,86H,6-7,12-13,18-19,24-25,30-31,36-37,42-43,48-49,54-55,60-62,64,66-85H2,1-5H3/p+1/b10-8-,11-9-,16-14-,17-15-,22-20-,23-21-,28-26-,29-27-,34-32-,35-33-,40-38-,41-39-,46-44-,47-45-,52-50-,53-51-,58-56-,59-57-,65-63-. The number of hydrogen-bond donors (Lipinski definition) is 1. The average molecular weight is 1370 g/mol. The highest BCUT2D eigenvalue weighted by Gasteiger charge is 2.27. The molecule has 0 heterocycles. The first-order valence-electron chi connectivity index (χ1n) is 38.1. The molecule has 0 spiro atoms. The number of nitrogens with zero attached hydrogens (tertiary/aromatic N) is 1. The monoisotopic (exact) mass is 1370 g/mol. The zero-order valence-electron chi connectivity index (χ0n) is 62.4. The quantitative estimate of drug-likeness (QED) is 0.0211. The zero-order valence-corrected chi connectivity index (χ0v) is 63.3. The second-order valence-electron chi connectivity index (χ2n) is 25.6. The van der Waals surface area contributed by atoms with Crippen molar-refractivity contribution in [3.8, 4) is 0 Å². The summed E-state index contributed by atoms with van der Waals surface area (Å²) < 4.78 is 34.7. The molecule has 0 amide bonds. The number of phosphoric ester groups is 1. The van der Waals surface area contributed by atoms with Crippen molar-refractivity contribution < 1.29 is 42.1 Å². The molecule has 0 saturated heterocycles. The lowest BCUT2D eigenvalue weighted by Crippen LogP contribution is -2.37. The Bertz CT molecular complexity index is 2510. The minimum Gasteiger partial charge on any atom is -0.462 e. The van der Waals surface area contributed by atoms with Crippen LogP contribution in [0.4, 0.5) is 0 Å². The van der Waals surface area contributed by atoms with Crippen LogP contribution >= 0.6 is 7.82 Å². The van der Waals surface area contributed by atoms with Crippen LogP contribution in [0.1, 0.15) is 258 Å². The zero-order chi connectivity index (χ0) is 71.1. The topological polar surface area (TPSA) is 108 Å². The number of carbonyl (C=O) groups excluding carboxylic acids is 2. The van der Waals surface area contributed by atoms with E-state index in [0.717, 1.165) is 193 Å². The second kappa shape index (κ2) is 75.3. The summed E-state index contributed by atoms with van der Waals surface area (Å²) in [6.45, 7) is 4.15. The second-order valence-corrected chi connectivity index (χ2v) is 27.0. The van der Waals surface area contributed by atoms with Gasteiger partial charge < -0.3 is 18.9 Å². The number of carbonyl (C=O) groups is 2. The molecular formula is C88H139NO8P+. The van der Waals surface area contributed by atoms with E-state index in [1.54, 1.807) is 0 Å². The lowest BCUT2D eigenvalue weighted by Gasteiger charge is -2.24. The van der Waals surface area contributed by atoms with Gasteiger partial charge >= 0.3 is 19.8 Å². The number of hydrogen-bond acceptors (Lipinski definition) is 7.